The Hall–Kier alpha value is 0.160. The van der Waals surface area contributed by atoms with Gasteiger partial charge < -0.3 is 10.2 Å². The van der Waals surface area contributed by atoms with Crippen LogP contribution in [0.2, 0.25) is 0 Å². The normalized spacial score (nSPS) is 13.4. The zero-order valence-electron chi connectivity index (χ0n) is 3.47. The summed E-state index contributed by atoms with van der Waals surface area (Å²) < 4.78 is -0.755. The van der Waals surface area contributed by atoms with Gasteiger partial charge in [0.2, 0.25) is 0 Å². The first-order valence-corrected chi connectivity index (χ1v) is 2.91. The molecule has 42 valence electrons. The third kappa shape index (κ3) is 6.16. The second kappa shape index (κ2) is 3.20. The number of carbonyl (C=O) groups is 1. The number of hydrogen-bond acceptors (Lipinski definition) is 2. The van der Waals surface area contributed by atoms with E-state index in [2.05, 4.69) is 0 Å². The number of aliphatic carboxylic acids is 1. The molecule has 7 heavy (non-hydrogen) atoms. The largest absolute Gasteiger partial charge is 0.481 e. The number of hydrogen-bond donors (Lipinski definition) is 2. The number of carboxylic acid groups (broad SMARTS) is 1. The smallest absolute Gasteiger partial charge is 0.306 e. The lowest BCUT2D eigenvalue weighted by Crippen LogP contribution is -2.03. The number of aliphatic hydroxyl groups is 1. The molecule has 0 radical (unpaired) electrons. The van der Waals surface area contributed by atoms with Gasteiger partial charge in [0.05, 0.1) is 6.42 Å². The van der Waals surface area contributed by atoms with Gasteiger partial charge in [-0.25, -0.2) is 0 Å². The van der Waals surface area contributed by atoms with Crippen molar-refractivity contribution in [2.75, 3.05) is 0 Å². The summed E-state index contributed by atoms with van der Waals surface area (Å²) in [5.74, 6) is -0.970. The van der Waals surface area contributed by atoms with Crippen molar-refractivity contribution < 1.29 is 15.0 Å². The summed E-state index contributed by atoms with van der Waals surface area (Å²) in [6.07, 6.45) is -0.180. The number of carboxylic acids is 1. The van der Waals surface area contributed by atoms with Gasteiger partial charge in [-0.05, 0) is 0 Å². The van der Waals surface area contributed by atoms with E-state index in [4.69, 9.17) is 10.2 Å². The van der Waals surface area contributed by atoms with E-state index in [9.17, 15) is 4.79 Å². The molecule has 0 aliphatic carbocycles. The molecule has 0 bridgehead atoms. The summed E-state index contributed by atoms with van der Waals surface area (Å²) in [4.78, 5) is 9.64. The third-order valence-corrected chi connectivity index (χ3v) is 0.783. The second-order valence-electron chi connectivity index (χ2n) is 1.03. The van der Waals surface area contributed by atoms with E-state index in [1.54, 1.807) is 22.6 Å². The molecular formula is C3H5IO3. The van der Waals surface area contributed by atoms with E-state index < -0.39 is 10.1 Å². The average Bonchev–Trinajstić information content (AvgIpc) is 1.27. The first-order valence-electron chi connectivity index (χ1n) is 1.67. The quantitative estimate of drug-likeness (QED) is 0.512. The first kappa shape index (κ1) is 7.16. The minimum absolute atomic E-state index is 0.180. The van der Waals surface area contributed by atoms with Gasteiger partial charge >= 0.3 is 5.97 Å². The number of alkyl halides is 1. The Morgan fingerprint density at radius 3 is 2.29 bits per heavy atom. The van der Waals surface area contributed by atoms with E-state index in [1.165, 1.54) is 0 Å². The van der Waals surface area contributed by atoms with Crippen molar-refractivity contribution in [1.82, 2.24) is 0 Å². The van der Waals surface area contributed by atoms with Crippen LogP contribution < -0.4 is 0 Å². The Labute approximate surface area is 54.5 Å². The molecule has 0 aromatic rings. The highest BCUT2D eigenvalue weighted by Gasteiger charge is 2.01. The van der Waals surface area contributed by atoms with Gasteiger partial charge in [0.15, 0.2) is 0 Å². The summed E-state index contributed by atoms with van der Waals surface area (Å²) in [6, 6.07) is 0. The van der Waals surface area contributed by atoms with Crippen LogP contribution in [0.3, 0.4) is 0 Å². The van der Waals surface area contributed by atoms with Gasteiger partial charge in [-0.1, -0.05) is 22.6 Å². The summed E-state index contributed by atoms with van der Waals surface area (Å²) in [5, 5.41) is 16.2. The second-order valence-corrected chi connectivity index (χ2v) is 2.47. The lowest BCUT2D eigenvalue weighted by atomic mass is 10.5. The molecule has 3 nitrogen and oxygen atoms in total. The maximum absolute atomic E-state index is 9.64. The molecule has 2 N–H and O–H groups in total. The Bertz CT molecular complexity index is 70.6. The molecule has 1 atom stereocenters. The average molecular weight is 216 g/mol. The fraction of sp³-hybridized carbons (Fsp3) is 0.667. The van der Waals surface area contributed by atoms with Crippen LogP contribution in [-0.4, -0.2) is 20.3 Å². The topological polar surface area (TPSA) is 57.5 Å². The van der Waals surface area contributed by atoms with Crippen LogP contribution in [0.25, 0.3) is 0 Å². The highest BCUT2D eigenvalue weighted by atomic mass is 127. The van der Waals surface area contributed by atoms with Gasteiger partial charge in [-0.2, -0.15) is 0 Å². The molecule has 0 heterocycles. The van der Waals surface area contributed by atoms with Crippen molar-refractivity contribution in [2.45, 2.75) is 10.5 Å². The zero-order chi connectivity index (χ0) is 5.86. The molecule has 0 unspecified atom stereocenters. The maximum Gasteiger partial charge on any atom is 0.306 e. The highest BCUT2D eigenvalue weighted by molar-refractivity contribution is 14.1. The van der Waals surface area contributed by atoms with Gasteiger partial charge in [-0.3, -0.25) is 4.79 Å². The number of aliphatic hydroxyl groups excluding tert-OH is 1. The molecule has 0 spiro atoms. The number of halogens is 1. The monoisotopic (exact) mass is 216 g/mol. The van der Waals surface area contributed by atoms with Gasteiger partial charge in [-0.15, -0.1) is 0 Å². The van der Waals surface area contributed by atoms with Crippen molar-refractivity contribution in [3.63, 3.8) is 0 Å². The van der Waals surface area contributed by atoms with Gasteiger partial charge in [0.1, 0.15) is 4.11 Å². The lowest BCUT2D eigenvalue weighted by molar-refractivity contribution is -0.137. The first-order chi connectivity index (χ1) is 3.13. The van der Waals surface area contributed by atoms with E-state index in [0.717, 1.165) is 0 Å². The Kier molecular flexibility index (Phi) is 3.27. The van der Waals surface area contributed by atoms with Crippen LogP contribution in [0, 0.1) is 0 Å². The Balaban J connectivity index is 3.13. The van der Waals surface area contributed by atoms with Crippen LogP contribution in [0.1, 0.15) is 6.42 Å². The summed E-state index contributed by atoms with van der Waals surface area (Å²) in [6.45, 7) is 0. The Morgan fingerprint density at radius 2 is 2.29 bits per heavy atom. The maximum atomic E-state index is 9.64. The fourth-order valence-electron chi connectivity index (χ4n) is 0.144. The molecule has 0 rings (SSSR count). The van der Waals surface area contributed by atoms with Crippen molar-refractivity contribution >= 4 is 28.6 Å². The minimum Gasteiger partial charge on any atom is -0.481 e. The van der Waals surface area contributed by atoms with E-state index in [1.807, 2.05) is 0 Å². The minimum atomic E-state index is -0.970. The van der Waals surface area contributed by atoms with Crippen LogP contribution >= 0.6 is 22.6 Å². The van der Waals surface area contributed by atoms with Crippen molar-refractivity contribution in [3.8, 4) is 0 Å². The molecule has 0 fully saturated rings. The summed E-state index contributed by atoms with van der Waals surface area (Å²) in [5.41, 5.74) is 0. The molecular weight excluding hydrogens is 211 g/mol. The highest BCUT2D eigenvalue weighted by Crippen LogP contribution is 1.98. The predicted octanol–water partition coefficient (Wildman–Crippen LogP) is 0.215. The molecule has 0 aliphatic rings. The predicted molar refractivity (Wildman–Crippen MR) is 32.3 cm³/mol. The molecule has 0 aromatic heterocycles. The summed E-state index contributed by atoms with van der Waals surface area (Å²) in [7, 11) is 0. The molecule has 0 amide bonds. The van der Waals surface area contributed by atoms with Gasteiger partial charge in [0.25, 0.3) is 0 Å². The Morgan fingerprint density at radius 1 is 1.86 bits per heavy atom. The molecule has 0 aliphatic heterocycles. The van der Waals surface area contributed by atoms with Crippen molar-refractivity contribution in [3.05, 3.63) is 0 Å². The SMILES string of the molecule is O=C(O)C[C@H](O)I. The molecule has 0 saturated heterocycles. The molecule has 0 saturated carbocycles. The van der Waals surface area contributed by atoms with Crippen LogP contribution in [0.4, 0.5) is 0 Å². The fourth-order valence-corrected chi connectivity index (χ4v) is 0.521. The molecule has 0 aromatic carbocycles. The zero-order valence-corrected chi connectivity index (χ0v) is 5.62. The van der Waals surface area contributed by atoms with Crippen molar-refractivity contribution in [1.29, 1.82) is 0 Å². The van der Waals surface area contributed by atoms with Crippen LogP contribution in [-0.2, 0) is 4.79 Å². The third-order valence-electron chi connectivity index (χ3n) is 0.343. The van der Waals surface area contributed by atoms with Gasteiger partial charge in [0, 0.05) is 0 Å². The van der Waals surface area contributed by atoms with E-state index in [-0.39, 0.29) is 6.42 Å². The lowest BCUT2D eigenvalue weighted by Gasteiger charge is -1.92. The number of rotatable bonds is 2. The standard InChI is InChI=1S/C3H5IO3/c4-2(5)1-3(6)7/h2,5H,1H2,(H,6,7)/t2-/m0/s1. The van der Waals surface area contributed by atoms with Crippen LogP contribution in [0.15, 0.2) is 0 Å². The van der Waals surface area contributed by atoms with E-state index >= 15 is 0 Å². The molecule has 4 heteroatoms. The van der Waals surface area contributed by atoms with Crippen molar-refractivity contribution in [2.24, 2.45) is 0 Å². The van der Waals surface area contributed by atoms with E-state index in [0.29, 0.717) is 0 Å². The van der Waals surface area contributed by atoms with Crippen LogP contribution in [0.5, 0.6) is 0 Å². The summed E-state index contributed by atoms with van der Waals surface area (Å²) >= 11 is 1.63.